The van der Waals surface area contributed by atoms with E-state index in [1.54, 1.807) is 12.1 Å². The number of carbonyl (C=O) groups excluding carboxylic acids is 2. The van der Waals surface area contributed by atoms with Gasteiger partial charge in [-0.2, -0.15) is 4.99 Å². The van der Waals surface area contributed by atoms with E-state index in [4.69, 9.17) is 0 Å². The van der Waals surface area contributed by atoms with Crippen molar-refractivity contribution in [3.8, 4) is 22.8 Å². The molecule has 1 N–H and O–H groups in total. The first kappa shape index (κ1) is 30.7. The second-order valence-corrected chi connectivity index (χ2v) is 10.3. The highest BCUT2D eigenvalue weighted by Crippen LogP contribution is 2.31. The van der Waals surface area contributed by atoms with Gasteiger partial charge in [-0.05, 0) is 47.9 Å². The Morgan fingerprint density at radius 2 is 1.77 bits per heavy atom. The summed E-state index contributed by atoms with van der Waals surface area (Å²) in [5.41, 5.74) is 2.24. The fourth-order valence-corrected chi connectivity index (χ4v) is 5.18. The highest BCUT2D eigenvalue weighted by molar-refractivity contribution is 8.15. The number of urea groups is 1. The molecule has 2 unspecified atom stereocenters. The number of aliphatic imine (C=N–C) groups is 1. The quantitative estimate of drug-likeness (QED) is 0.175. The molecular weight excluding hydrogens is 607 g/mol. The summed E-state index contributed by atoms with van der Waals surface area (Å²) < 4.78 is 72.1. The van der Waals surface area contributed by atoms with Crippen LogP contribution in [0.3, 0.4) is 0 Å². The van der Waals surface area contributed by atoms with E-state index in [1.165, 1.54) is 52.3 Å². The molecular formula is C29H23F5N6O3S. The largest absolute Gasteiger partial charge is 0.573 e. The molecule has 5 rings (SSSR count). The van der Waals surface area contributed by atoms with E-state index in [-0.39, 0.29) is 34.0 Å². The van der Waals surface area contributed by atoms with Crippen LogP contribution < -0.4 is 15.0 Å². The lowest BCUT2D eigenvalue weighted by atomic mass is 10.1. The average molecular weight is 631 g/mol. The minimum absolute atomic E-state index is 0.0532. The van der Waals surface area contributed by atoms with Gasteiger partial charge in [-0.1, -0.05) is 61.2 Å². The zero-order valence-electron chi connectivity index (χ0n) is 22.8. The molecule has 228 valence electrons. The number of amides is 3. The summed E-state index contributed by atoms with van der Waals surface area (Å²) in [6.07, 6.45) is -7.50. The van der Waals surface area contributed by atoms with Crippen LogP contribution in [0, 0.1) is 0 Å². The molecule has 9 nitrogen and oxygen atoms in total. The van der Waals surface area contributed by atoms with Crippen molar-refractivity contribution in [2.24, 2.45) is 4.99 Å². The molecule has 2 heterocycles. The van der Waals surface area contributed by atoms with Crippen molar-refractivity contribution in [1.82, 2.24) is 20.1 Å². The van der Waals surface area contributed by atoms with Crippen molar-refractivity contribution in [3.05, 3.63) is 90.3 Å². The molecule has 2 atom stereocenters. The SMILES string of the molecule is CCc1ccccc1N1C(=O)CSC1=NC(=O)NC(F)C(F)c1ccc(-c2ncn(-c3ccc(OC(F)(F)F)cc3)n2)cc1. The van der Waals surface area contributed by atoms with E-state index in [0.29, 0.717) is 23.4 Å². The number of carbonyl (C=O) groups is 2. The molecule has 1 fully saturated rings. The van der Waals surface area contributed by atoms with Gasteiger partial charge in [0, 0.05) is 5.56 Å². The summed E-state index contributed by atoms with van der Waals surface area (Å²) in [7, 11) is 0. The molecule has 0 bridgehead atoms. The summed E-state index contributed by atoms with van der Waals surface area (Å²) in [6, 6.07) is 16.5. The van der Waals surface area contributed by atoms with Gasteiger partial charge in [0.2, 0.25) is 12.2 Å². The zero-order valence-corrected chi connectivity index (χ0v) is 23.6. The number of nitrogens with zero attached hydrogens (tertiary/aromatic N) is 5. The van der Waals surface area contributed by atoms with Crippen molar-refractivity contribution in [2.75, 3.05) is 10.7 Å². The topological polar surface area (TPSA) is 102 Å². The Labute approximate surface area is 251 Å². The van der Waals surface area contributed by atoms with E-state index in [0.717, 1.165) is 29.5 Å². The molecule has 1 aliphatic heterocycles. The van der Waals surface area contributed by atoms with Crippen molar-refractivity contribution in [1.29, 1.82) is 0 Å². The number of anilines is 1. The van der Waals surface area contributed by atoms with Crippen LogP contribution in [0.1, 0.15) is 24.2 Å². The Bertz CT molecular complexity index is 1680. The van der Waals surface area contributed by atoms with Crippen LogP contribution in [0.25, 0.3) is 17.1 Å². The summed E-state index contributed by atoms with van der Waals surface area (Å²) >= 11 is 1.02. The number of alkyl halides is 5. The van der Waals surface area contributed by atoms with E-state index < -0.39 is 24.9 Å². The summed E-state index contributed by atoms with van der Waals surface area (Å²) in [5.74, 6) is -0.394. The van der Waals surface area contributed by atoms with Gasteiger partial charge < -0.3 is 10.1 Å². The van der Waals surface area contributed by atoms with Crippen LogP contribution >= 0.6 is 11.8 Å². The maximum atomic E-state index is 15.0. The normalized spacial score (nSPS) is 15.8. The Morgan fingerprint density at radius 3 is 2.45 bits per heavy atom. The van der Waals surface area contributed by atoms with Gasteiger partial charge >= 0.3 is 12.4 Å². The van der Waals surface area contributed by atoms with Gasteiger partial charge in [-0.25, -0.2) is 23.2 Å². The number of ether oxygens (including phenoxy) is 1. The lowest BCUT2D eigenvalue weighted by Gasteiger charge is -2.19. The molecule has 4 aromatic rings. The fourth-order valence-electron chi connectivity index (χ4n) is 4.33. The molecule has 1 saturated heterocycles. The number of benzene rings is 3. The van der Waals surface area contributed by atoms with E-state index in [1.807, 2.05) is 24.4 Å². The molecule has 0 spiro atoms. The van der Waals surface area contributed by atoms with E-state index >= 15 is 0 Å². The van der Waals surface area contributed by atoms with Gasteiger partial charge in [0.05, 0.1) is 17.1 Å². The molecule has 3 amide bonds. The predicted octanol–water partition coefficient (Wildman–Crippen LogP) is 6.55. The predicted molar refractivity (Wildman–Crippen MR) is 154 cm³/mol. The molecule has 0 radical (unpaired) electrons. The summed E-state index contributed by atoms with van der Waals surface area (Å²) in [5, 5.41) is 6.22. The first-order valence-electron chi connectivity index (χ1n) is 13.1. The number of hydrogen-bond donors (Lipinski definition) is 1. The average Bonchev–Trinajstić information content (AvgIpc) is 3.63. The van der Waals surface area contributed by atoms with Crippen LogP contribution in [-0.4, -0.2) is 50.3 Å². The number of hydrogen-bond acceptors (Lipinski definition) is 6. The summed E-state index contributed by atoms with van der Waals surface area (Å²) in [6.45, 7) is 1.92. The van der Waals surface area contributed by atoms with Crippen LogP contribution in [0.2, 0.25) is 0 Å². The minimum atomic E-state index is -4.81. The first-order valence-corrected chi connectivity index (χ1v) is 14.1. The Kier molecular flexibility index (Phi) is 8.94. The Balaban J connectivity index is 1.22. The summed E-state index contributed by atoms with van der Waals surface area (Å²) in [4.78, 5) is 34.3. The van der Waals surface area contributed by atoms with Gasteiger partial charge in [0.1, 0.15) is 12.1 Å². The van der Waals surface area contributed by atoms with Crippen LogP contribution in [0.15, 0.2) is 84.1 Å². The molecule has 0 aliphatic carbocycles. The van der Waals surface area contributed by atoms with Crippen molar-refractivity contribution >= 4 is 34.6 Å². The number of amidine groups is 1. The molecule has 44 heavy (non-hydrogen) atoms. The number of aryl methyl sites for hydroxylation is 1. The third kappa shape index (κ3) is 7.05. The third-order valence-electron chi connectivity index (χ3n) is 6.41. The van der Waals surface area contributed by atoms with Crippen LogP contribution in [0.4, 0.5) is 32.4 Å². The minimum Gasteiger partial charge on any atom is -0.406 e. The number of para-hydroxylation sites is 1. The Hall–Kier alpha value is -4.79. The van der Waals surface area contributed by atoms with Crippen LogP contribution in [-0.2, 0) is 11.2 Å². The lowest BCUT2D eigenvalue weighted by molar-refractivity contribution is -0.274. The fraction of sp³-hybridized carbons (Fsp3) is 0.207. The van der Waals surface area contributed by atoms with E-state index in [9.17, 15) is 31.5 Å². The maximum Gasteiger partial charge on any atom is 0.573 e. The van der Waals surface area contributed by atoms with Crippen LogP contribution in [0.5, 0.6) is 5.75 Å². The lowest BCUT2D eigenvalue weighted by Crippen LogP contribution is -2.35. The molecule has 1 aliphatic rings. The van der Waals surface area contributed by atoms with Crippen molar-refractivity contribution < 1.29 is 36.3 Å². The molecule has 15 heteroatoms. The second kappa shape index (κ2) is 12.8. The molecule has 1 aromatic heterocycles. The highest BCUT2D eigenvalue weighted by Gasteiger charge is 2.33. The number of aromatic nitrogens is 3. The highest BCUT2D eigenvalue weighted by atomic mass is 32.2. The maximum absolute atomic E-state index is 15.0. The Morgan fingerprint density at radius 1 is 1.07 bits per heavy atom. The van der Waals surface area contributed by atoms with E-state index in [2.05, 4.69) is 19.8 Å². The monoisotopic (exact) mass is 630 g/mol. The standard InChI is InChI=1S/C29H23F5N6O3S/c1-2-17-5-3-4-6-22(17)40-23(41)15-44-28(40)37-27(42)36-25(31)24(30)18-7-9-19(10-8-18)26-35-16-39(38-26)20-11-13-21(14-12-20)43-29(32,33)34/h3-14,16,24-25H,2,15H2,1H3,(H,36,42). The number of halogens is 5. The van der Waals surface area contributed by atoms with Crippen molar-refractivity contribution in [3.63, 3.8) is 0 Å². The zero-order chi connectivity index (χ0) is 31.4. The second-order valence-electron chi connectivity index (χ2n) is 9.32. The van der Waals surface area contributed by atoms with Gasteiger partial charge in [0.25, 0.3) is 0 Å². The smallest absolute Gasteiger partial charge is 0.406 e. The third-order valence-corrected chi connectivity index (χ3v) is 7.33. The number of thioether (sulfide) groups is 1. The molecule has 3 aromatic carbocycles. The van der Waals surface area contributed by atoms with Gasteiger partial charge in [-0.3, -0.25) is 9.69 Å². The van der Waals surface area contributed by atoms with Gasteiger partial charge in [-0.15, -0.1) is 18.3 Å². The first-order chi connectivity index (χ1) is 21.0. The van der Waals surface area contributed by atoms with Gasteiger partial charge in [0.15, 0.2) is 17.2 Å². The molecule has 0 saturated carbocycles. The number of rotatable bonds is 8. The van der Waals surface area contributed by atoms with Crippen molar-refractivity contribution in [2.45, 2.75) is 32.2 Å². The number of nitrogens with one attached hydrogen (secondary N) is 1.